The Bertz CT molecular complexity index is 1550. The highest BCUT2D eigenvalue weighted by Crippen LogP contribution is 2.31. The van der Waals surface area contributed by atoms with Gasteiger partial charge in [-0.1, -0.05) is 30.3 Å². The van der Waals surface area contributed by atoms with Crippen molar-refractivity contribution in [2.24, 2.45) is 0 Å². The fraction of sp³-hybridized carbons (Fsp3) is 0.457. The molecule has 3 atom stereocenters. The van der Waals surface area contributed by atoms with Gasteiger partial charge in [0, 0.05) is 51.6 Å². The van der Waals surface area contributed by atoms with Gasteiger partial charge in [0.05, 0.1) is 12.2 Å². The van der Waals surface area contributed by atoms with Gasteiger partial charge < -0.3 is 30.7 Å². The molecule has 2 aromatic carbocycles. The summed E-state index contributed by atoms with van der Waals surface area (Å²) >= 11 is 0. The molecule has 0 unspecified atom stereocenters. The minimum Gasteiger partial charge on any atom is -0.492 e. The van der Waals surface area contributed by atoms with E-state index in [1.165, 1.54) is 0 Å². The monoisotopic (exact) mass is 659 g/mol. The minimum atomic E-state index is -1.24. The summed E-state index contributed by atoms with van der Waals surface area (Å²) in [4.78, 5) is 55.9. The number of aryl methyl sites for hydroxylation is 1. The number of piperidine rings is 1. The van der Waals surface area contributed by atoms with Gasteiger partial charge in [-0.3, -0.25) is 28.8 Å². The highest BCUT2D eigenvalue weighted by molar-refractivity contribution is 5.95. The number of likely N-dealkylation sites (tertiary alicyclic amines) is 1. The SMILES string of the molecule is CCn1ccc(CN2CCC3(CC2)Oc2ccc(cc2)OCCNC(=O)[C@H](C)NC(=O)[C@H](Cc2ccccc2)NC(=O)[C@H](C)NC3=O)n1. The number of rotatable bonds is 5. The zero-order valence-electron chi connectivity index (χ0n) is 27.7. The zero-order valence-corrected chi connectivity index (χ0v) is 27.7. The van der Waals surface area contributed by atoms with E-state index in [1.54, 1.807) is 38.1 Å². The fourth-order valence-electron chi connectivity index (χ4n) is 5.80. The molecule has 4 heterocycles. The van der Waals surface area contributed by atoms with Crippen LogP contribution in [0.3, 0.4) is 0 Å². The van der Waals surface area contributed by atoms with Gasteiger partial charge in [0.1, 0.15) is 36.2 Å². The second-order valence-corrected chi connectivity index (χ2v) is 12.3. The van der Waals surface area contributed by atoms with Crippen molar-refractivity contribution in [2.45, 2.75) is 76.8 Å². The van der Waals surface area contributed by atoms with Crippen molar-refractivity contribution >= 4 is 23.6 Å². The van der Waals surface area contributed by atoms with E-state index >= 15 is 0 Å². The molecule has 13 heteroatoms. The summed E-state index contributed by atoms with van der Waals surface area (Å²) in [6.45, 7) is 8.22. The van der Waals surface area contributed by atoms with Crippen LogP contribution in [-0.4, -0.2) is 88.3 Å². The maximum Gasteiger partial charge on any atom is 0.264 e. The number of ether oxygens (including phenoxy) is 2. The molecule has 2 bridgehead atoms. The molecule has 48 heavy (non-hydrogen) atoms. The van der Waals surface area contributed by atoms with Gasteiger partial charge in [-0.25, -0.2) is 0 Å². The van der Waals surface area contributed by atoms with Crippen LogP contribution < -0.4 is 30.7 Å². The molecular weight excluding hydrogens is 614 g/mol. The fourth-order valence-corrected chi connectivity index (χ4v) is 5.80. The molecule has 3 aliphatic rings. The van der Waals surface area contributed by atoms with Crippen LogP contribution in [0, 0.1) is 0 Å². The average Bonchev–Trinajstić information content (AvgIpc) is 3.55. The number of aromatic nitrogens is 2. The number of nitrogens with zero attached hydrogens (tertiary/aromatic N) is 3. The Morgan fingerprint density at radius 2 is 1.52 bits per heavy atom. The maximum atomic E-state index is 14.1. The zero-order chi connectivity index (χ0) is 34.1. The largest absolute Gasteiger partial charge is 0.492 e. The molecule has 4 N–H and O–H groups in total. The predicted molar refractivity (Wildman–Crippen MR) is 178 cm³/mol. The first-order valence-corrected chi connectivity index (χ1v) is 16.5. The Kier molecular flexibility index (Phi) is 11.3. The van der Waals surface area contributed by atoms with Crippen LogP contribution in [0.25, 0.3) is 0 Å². The van der Waals surface area contributed by atoms with E-state index in [-0.39, 0.29) is 25.5 Å². The Balaban J connectivity index is 1.36. The van der Waals surface area contributed by atoms with Crippen LogP contribution in [-0.2, 0) is 38.7 Å². The molecule has 13 nitrogen and oxygen atoms in total. The summed E-state index contributed by atoms with van der Waals surface area (Å²) in [5, 5.41) is 15.7. The third kappa shape index (κ3) is 8.91. The number of nitrogens with one attached hydrogen (secondary N) is 4. The van der Waals surface area contributed by atoms with Crippen LogP contribution in [0.4, 0.5) is 0 Å². The van der Waals surface area contributed by atoms with E-state index in [0.29, 0.717) is 44.0 Å². The number of fused-ring (bicyclic) bond motifs is 15. The Hall–Kier alpha value is -4.91. The molecule has 0 aliphatic carbocycles. The normalized spacial score (nSPS) is 22.9. The molecule has 1 saturated heterocycles. The van der Waals surface area contributed by atoms with Gasteiger partial charge in [0.2, 0.25) is 17.7 Å². The summed E-state index contributed by atoms with van der Waals surface area (Å²) in [7, 11) is 0. The molecule has 1 aromatic heterocycles. The van der Waals surface area contributed by atoms with E-state index in [9.17, 15) is 19.2 Å². The number of benzene rings is 2. The number of amides is 4. The second-order valence-electron chi connectivity index (χ2n) is 12.3. The van der Waals surface area contributed by atoms with Crippen molar-refractivity contribution < 1.29 is 28.7 Å². The van der Waals surface area contributed by atoms with Crippen LogP contribution in [0.5, 0.6) is 11.5 Å². The van der Waals surface area contributed by atoms with Crippen molar-refractivity contribution in [1.82, 2.24) is 35.9 Å². The molecule has 3 aromatic rings. The topological polar surface area (TPSA) is 156 Å². The lowest BCUT2D eigenvalue weighted by Crippen LogP contribution is -2.61. The molecule has 1 spiro atoms. The van der Waals surface area contributed by atoms with Crippen molar-refractivity contribution in [1.29, 1.82) is 0 Å². The lowest BCUT2D eigenvalue weighted by atomic mass is 9.89. The molecule has 1 fully saturated rings. The third-order valence-corrected chi connectivity index (χ3v) is 8.70. The summed E-state index contributed by atoms with van der Waals surface area (Å²) in [5.41, 5.74) is 0.542. The standard InChI is InChI=1S/C35H45N7O6/c1-4-42-18-14-27(40-42)23-41-19-15-35(16-20-41)34(46)38-25(3)32(44)39-30(22-26-8-6-5-7-9-26)33(45)37-24(2)31(43)36-17-21-47-28-10-12-29(48-35)13-11-28/h5-14,18,24-25,30H,4,15-17,19-23H2,1-3H3,(H,36,43)(H,37,45)(H,38,46)(H,39,44)/t24-,25-,30-/m0/s1. The number of hydrogen-bond donors (Lipinski definition) is 4. The lowest BCUT2D eigenvalue weighted by Gasteiger charge is -2.41. The number of hydrogen-bond acceptors (Lipinski definition) is 8. The highest BCUT2D eigenvalue weighted by Gasteiger charge is 2.45. The molecule has 256 valence electrons. The number of carbonyl (C=O) groups excluding carboxylic acids is 4. The molecule has 0 saturated carbocycles. The summed E-state index contributed by atoms with van der Waals surface area (Å²) in [6, 6.07) is 15.4. The van der Waals surface area contributed by atoms with Gasteiger partial charge in [-0.15, -0.1) is 0 Å². The van der Waals surface area contributed by atoms with Crippen LogP contribution in [0.15, 0.2) is 66.9 Å². The molecule has 4 amide bonds. The summed E-state index contributed by atoms with van der Waals surface area (Å²) < 4.78 is 14.2. The third-order valence-electron chi connectivity index (χ3n) is 8.70. The average molecular weight is 660 g/mol. The first kappa shape index (κ1) is 34.4. The smallest absolute Gasteiger partial charge is 0.264 e. The summed E-state index contributed by atoms with van der Waals surface area (Å²) in [6.07, 6.45) is 2.92. The van der Waals surface area contributed by atoms with Gasteiger partial charge in [0.25, 0.3) is 5.91 Å². The molecular formula is C35H45N7O6. The van der Waals surface area contributed by atoms with Crippen molar-refractivity contribution in [2.75, 3.05) is 26.2 Å². The van der Waals surface area contributed by atoms with Gasteiger partial charge in [-0.05, 0) is 56.7 Å². The quantitative estimate of drug-likeness (QED) is 0.301. The van der Waals surface area contributed by atoms with Crippen molar-refractivity contribution in [3.63, 3.8) is 0 Å². The molecule has 6 rings (SSSR count). The Labute approximate surface area is 280 Å². The Morgan fingerprint density at radius 3 is 2.21 bits per heavy atom. The lowest BCUT2D eigenvalue weighted by molar-refractivity contribution is -0.144. The second kappa shape index (κ2) is 15.8. The maximum absolute atomic E-state index is 14.1. The predicted octanol–water partition coefficient (Wildman–Crippen LogP) is 1.56. The van der Waals surface area contributed by atoms with Crippen molar-refractivity contribution in [3.05, 3.63) is 78.1 Å². The minimum absolute atomic E-state index is 0.191. The van der Waals surface area contributed by atoms with Gasteiger partial charge in [-0.2, -0.15) is 5.10 Å². The van der Waals surface area contributed by atoms with Crippen LogP contribution >= 0.6 is 0 Å². The first-order chi connectivity index (χ1) is 23.1. The first-order valence-electron chi connectivity index (χ1n) is 16.5. The van der Waals surface area contributed by atoms with Crippen LogP contribution in [0.1, 0.15) is 44.9 Å². The van der Waals surface area contributed by atoms with E-state index in [2.05, 4.69) is 31.3 Å². The van der Waals surface area contributed by atoms with Crippen molar-refractivity contribution in [3.8, 4) is 11.5 Å². The van der Waals surface area contributed by atoms with E-state index in [4.69, 9.17) is 9.47 Å². The summed E-state index contributed by atoms with van der Waals surface area (Å²) in [5.74, 6) is -0.796. The van der Waals surface area contributed by atoms with E-state index < -0.39 is 41.4 Å². The van der Waals surface area contributed by atoms with E-state index in [0.717, 1.165) is 17.8 Å². The van der Waals surface area contributed by atoms with Gasteiger partial charge in [0.15, 0.2) is 5.60 Å². The highest BCUT2D eigenvalue weighted by atomic mass is 16.5. The molecule has 0 radical (unpaired) electrons. The Morgan fingerprint density at radius 1 is 0.833 bits per heavy atom. The van der Waals surface area contributed by atoms with Gasteiger partial charge >= 0.3 is 0 Å². The number of carbonyl (C=O) groups is 4. The van der Waals surface area contributed by atoms with Crippen LogP contribution in [0.2, 0.25) is 0 Å². The van der Waals surface area contributed by atoms with E-state index in [1.807, 2.05) is 54.2 Å². The molecule has 3 aliphatic heterocycles.